The third-order valence-corrected chi connectivity index (χ3v) is 6.06. The molecule has 2 heterocycles. The average molecular weight is 419 g/mol. The first-order valence-corrected chi connectivity index (χ1v) is 10.4. The van der Waals surface area contributed by atoms with Gasteiger partial charge in [0, 0.05) is 43.1 Å². The molecule has 2 aromatic carbocycles. The number of imidazole rings is 1. The predicted octanol–water partition coefficient (Wildman–Crippen LogP) is 4.47. The van der Waals surface area contributed by atoms with E-state index in [1.54, 1.807) is 29.1 Å². The van der Waals surface area contributed by atoms with Gasteiger partial charge in [0.1, 0.15) is 0 Å². The predicted molar refractivity (Wildman–Crippen MR) is 118 cm³/mol. The first-order chi connectivity index (χ1) is 14.5. The largest absolute Gasteiger partial charge is 0.329 e. The highest BCUT2D eigenvalue weighted by Crippen LogP contribution is 2.33. The normalized spacial score (nSPS) is 15.0. The smallest absolute Gasteiger partial charge is 0.226 e. The number of rotatable bonds is 5. The first-order valence-electron chi connectivity index (χ1n) is 9.62. The maximum absolute atomic E-state index is 12.8. The Morgan fingerprint density at radius 1 is 1.13 bits per heavy atom. The quantitative estimate of drug-likeness (QED) is 0.664. The minimum atomic E-state index is -0.318. The lowest BCUT2D eigenvalue weighted by atomic mass is 9.93. The van der Waals surface area contributed by atoms with Crippen molar-refractivity contribution in [3.05, 3.63) is 78.3 Å². The number of hydrogen-bond donors (Lipinski definition) is 1. The Hall–Kier alpha value is -3.32. The van der Waals surface area contributed by atoms with Gasteiger partial charge in [-0.15, -0.1) is 0 Å². The van der Waals surface area contributed by atoms with E-state index in [-0.39, 0.29) is 24.3 Å². The molecule has 6 nitrogen and oxygen atoms in total. The van der Waals surface area contributed by atoms with Crippen LogP contribution < -0.4 is 5.32 Å². The molecular weight excluding hydrogens is 396 g/mol. The summed E-state index contributed by atoms with van der Waals surface area (Å²) in [6.45, 7) is 1.52. The fourth-order valence-electron chi connectivity index (χ4n) is 3.46. The molecule has 0 fully saturated rings. The fourth-order valence-corrected chi connectivity index (χ4v) is 4.26. The summed E-state index contributed by atoms with van der Waals surface area (Å²) in [6, 6.07) is 15.2. The molecule has 30 heavy (non-hydrogen) atoms. The van der Waals surface area contributed by atoms with E-state index in [1.165, 1.54) is 6.92 Å². The van der Waals surface area contributed by atoms with Gasteiger partial charge in [-0.05, 0) is 41.5 Å². The van der Waals surface area contributed by atoms with Crippen LogP contribution in [0.5, 0.6) is 0 Å². The van der Waals surface area contributed by atoms with Crippen molar-refractivity contribution in [3.8, 4) is 0 Å². The molecule has 0 bridgehead atoms. The van der Waals surface area contributed by atoms with Gasteiger partial charge in [-0.3, -0.25) is 9.59 Å². The standard InChI is InChI=1S/C23H22N4O2S/c1-16(28)27-13-11-17-5-3-4-6-20(17)21(27)15-22(29)25-18-7-9-19(10-8-18)30-23-24-12-14-26(23)2/h3-14,21H,15H2,1-2H3,(H,25,29). The third kappa shape index (κ3) is 4.31. The Bertz CT molecular complexity index is 1100. The molecule has 0 spiro atoms. The SMILES string of the molecule is CC(=O)N1C=Cc2ccccc2C1CC(=O)Nc1ccc(Sc2nccn2C)cc1. The van der Waals surface area contributed by atoms with Crippen molar-refractivity contribution in [2.24, 2.45) is 7.05 Å². The van der Waals surface area contributed by atoms with E-state index in [4.69, 9.17) is 0 Å². The molecule has 2 amide bonds. The van der Waals surface area contributed by atoms with Crippen LogP contribution in [0.1, 0.15) is 30.5 Å². The minimum absolute atomic E-state index is 0.0887. The second-order valence-corrected chi connectivity index (χ2v) is 8.13. The van der Waals surface area contributed by atoms with Gasteiger partial charge in [0.2, 0.25) is 11.8 Å². The highest BCUT2D eigenvalue weighted by atomic mass is 32.2. The molecule has 1 N–H and O–H groups in total. The molecule has 1 unspecified atom stereocenters. The van der Waals surface area contributed by atoms with Crippen LogP contribution in [0.2, 0.25) is 0 Å². The second kappa shape index (κ2) is 8.59. The van der Waals surface area contributed by atoms with Gasteiger partial charge < -0.3 is 14.8 Å². The van der Waals surface area contributed by atoms with Crippen molar-refractivity contribution < 1.29 is 9.59 Å². The molecular formula is C23H22N4O2S. The number of benzene rings is 2. The molecule has 0 saturated carbocycles. The number of hydrogen-bond acceptors (Lipinski definition) is 4. The molecule has 7 heteroatoms. The summed E-state index contributed by atoms with van der Waals surface area (Å²) >= 11 is 1.56. The second-order valence-electron chi connectivity index (χ2n) is 7.09. The van der Waals surface area contributed by atoms with E-state index in [0.29, 0.717) is 0 Å². The van der Waals surface area contributed by atoms with E-state index < -0.39 is 0 Å². The molecule has 0 saturated heterocycles. The maximum atomic E-state index is 12.8. The minimum Gasteiger partial charge on any atom is -0.329 e. The summed E-state index contributed by atoms with van der Waals surface area (Å²) < 4.78 is 1.96. The fraction of sp³-hybridized carbons (Fsp3) is 0.174. The van der Waals surface area contributed by atoms with Crippen molar-refractivity contribution in [2.75, 3.05) is 5.32 Å². The summed E-state index contributed by atoms with van der Waals surface area (Å²) in [7, 11) is 1.95. The zero-order valence-electron chi connectivity index (χ0n) is 16.8. The molecule has 0 radical (unpaired) electrons. The van der Waals surface area contributed by atoms with Crippen LogP contribution in [0.4, 0.5) is 5.69 Å². The lowest BCUT2D eigenvalue weighted by molar-refractivity contribution is -0.129. The average Bonchev–Trinajstić information content (AvgIpc) is 3.14. The summed E-state index contributed by atoms with van der Waals surface area (Å²) in [6.07, 6.45) is 7.51. The third-order valence-electron chi connectivity index (χ3n) is 4.97. The Labute approximate surface area is 179 Å². The zero-order valence-corrected chi connectivity index (χ0v) is 17.6. The summed E-state index contributed by atoms with van der Waals surface area (Å²) in [5.41, 5.74) is 2.73. The van der Waals surface area contributed by atoms with E-state index in [2.05, 4.69) is 10.3 Å². The van der Waals surface area contributed by atoms with Gasteiger partial charge >= 0.3 is 0 Å². The van der Waals surface area contributed by atoms with Crippen LogP contribution in [-0.2, 0) is 16.6 Å². The Morgan fingerprint density at radius 2 is 1.90 bits per heavy atom. The van der Waals surface area contributed by atoms with Gasteiger partial charge in [-0.2, -0.15) is 0 Å². The Kier molecular flexibility index (Phi) is 5.72. The van der Waals surface area contributed by atoms with E-state index >= 15 is 0 Å². The highest BCUT2D eigenvalue weighted by molar-refractivity contribution is 7.99. The summed E-state index contributed by atoms with van der Waals surface area (Å²) in [5, 5.41) is 3.85. The van der Waals surface area contributed by atoms with Gasteiger partial charge in [0.25, 0.3) is 0 Å². The lowest BCUT2D eigenvalue weighted by Gasteiger charge is -2.32. The zero-order chi connectivity index (χ0) is 21.1. The van der Waals surface area contributed by atoms with Gasteiger partial charge in [-0.25, -0.2) is 4.98 Å². The molecule has 1 atom stereocenters. The molecule has 152 valence electrons. The van der Waals surface area contributed by atoms with Gasteiger partial charge in [0.15, 0.2) is 5.16 Å². The molecule has 1 aliphatic heterocycles. The molecule has 1 aliphatic rings. The molecule has 1 aromatic heterocycles. The Morgan fingerprint density at radius 3 is 2.60 bits per heavy atom. The summed E-state index contributed by atoms with van der Waals surface area (Å²) in [4.78, 5) is 31.8. The number of nitrogens with zero attached hydrogens (tertiary/aromatic N) is 3. The van der Waals surface area contributed by atoms with E-state index in [0.717, 1.165) is 26.9 Å². The van der Waals surface area contributed by atoms with Crippen molar-refractivity contribution in [1.29, 1.82) is 0 Å². The van der Waals surface area contributed by atoms with Crippen LogP contribution in [-0.4, -0.2) is 26.3 Å². The van der Waals surface area contributed by atoms with Crippen molar-refractivity contribution in [2.45, 2.75) is 29.4 Å². The van der Waals surface area contributed by atoms with Crippen LogP contribution in [0, 0.1) is 0 Å². The van der Waals surface area contributed by atoms with Crippen LogP contribution >= 0.6 is 11.8 Å². The van der Waals surface area contributed by atoms with E-state index in [1.807, 2.05) is 72.4 Å². The van der Waals surface area contributed by atoms with Crippen molar-refractivity contribution >= 4 is 35.3 Å². The topological polar surface area (TPSA) is 67.2 Å². The first kappa shape index (κ1) is 20.0. The maximum Gasteiger partial charge on any atom is 0.226 e. The number of carbonyl (C=O) groups is 2. The molecule has 4 rings (SSSR count). The lowest BCUT2D eigenvalue weighted by Crippen LogP contribution is -2.33. The van der Waals surface area contributed by atoms with E-state index in [9.17, 15) is 9.59 Å². The molecule has 0 aliphatic carbocycles. The van der Waals surface area contributed by atoms with Crippen LogP contribution in [0.25, 0.3) is 6.08 Å². The molecule has 3 aromatic rings. The number of aromatic nitrogens is 2. The Balaban J connectivity index is 1.44. The number of fused-ring (bicyclic) bond motifs is 1. The monoisotopic (exact) mass is 418 g/mol. The van der Waals surface area contributed by atoms with Crippen LogP contribution in [0.3, 0.4) is 0 Å². The van der Waals surface area contributed by atoms with Gasteiger partial charge in [0.05, 0.1) is 12.5 Å². The van der Waals surface area contributed by atoms with Gasteiger partial charge in [-0.1, -0.05) is 36.0 Å². The number of amides is 2. The van der Waals surface area contributed by atoms with Crippen molar-refractivity contribution in [3.63, 3.8) is 0 Å². The number of aryl methyl sites for hydroxylation is 1. The summed E-state index contributed by atoms with van der Waals surface area (Å²) in [5.74, 6) is -0.227. The highest BCUT2D eigenvalue weighted by Gasteiger charge is 2.28. The van der Waals surface area contributed by atoms with Crippen molar-refractivity contribution in [1.82, 2.24) is 14.5 Å². The number of carbonyl (C=O) groups excluding carboxylic acids is 2. The number of nitrogens with one attached hydrogen (secondary N) is 1. The van der Waals surface area contributed by atoms with Crippen LogP contribution in [0.15, 0.2) is 77.2 Å². The number of anilines is 1.